The van der Waals surface area contributed by atoms with Gasteiger partial charge in [0.1, 0.15) is 16.9 Å². The molecule has 0 unspecified atom stereocenters. The van der Waals surface area contributed by atoms with Gasteiger partial charge in [0, 0.05) is 4.47 Å². The lowest BCUT2D eigenvalue weighted by Crippen LogP contribution is -2.02. The maximum atomic E-state index is 12.4. The molecule has 90 valence electrons. The van der Waals surface area contributed by atoms with Crippen molar-refractivity contribution in [2.24, 2.45) is 0 Å². The molecule has 0 fully saturated rings. The third kappa shape index (κ3) is 1.69. The molecular formula is C14H9BrO3. The lowest BCUT2D eigenvalue weighted by atomic mass is 10.1. The lowest BCUT2D eigenvalue weighted by Gasteiger charge is -2.04. The molecule has 18 heavy (non-hydrogen) atoms. The van der Waals surface area contributed by atoms with E-state index < -0.39 is 0 Å². The molecule has 0 aliphatic heterocycles. The molecule has 0 bridgehead atoms. The highest BCUT2D eigenvalue weighted by atomic mass is 79.9. The Morgan fingerprint density at radius 2 is 1.72 bits per heavy atom. The minimum absolute atomic E-state index is 0.0496. The number of halogens is 1. The quantitative estimate of drug-likeness (QED) is 0.643. The Morgan fingerprint density at radius 3 is 2.44 bits per heavy atom. The van der Waals surface area contributed by atoms with Gasteiger partial charge in [0.25, 0.3) is 0 Å². The van der Waals surface area contributed by atoms with Crippen molar-refractivity contribution >= 4 is 37.9 Å². The molecular weight excluding hydrogens is 296 g/mol. The van der Waals surface area contributed by atoms with Gasteiger partial charge in [-0.1, -0.05) is 15.9 Å². The normalized spacial score (nSPS) is 11.0. The van der Waals surface area contributed by atoms with Crippen LogP contribution in [0.5, 0.6) is 5.75 Å². The Hall–Kier alpha value is -1.81. The first-order chi connectivity index (χ1) is 8.69. The van der Waals surface area contributed by atoms with E-state index in [9.17, 15) is 4.79 Å². The second-order valence-electron chi connectivity index (χ2n) is 3.93. The smallest absolute Gasteiger partial charge is 0.200 e. The summed E-state index contributed by atoms with van der Waals surface area (Å²) < 4.78 is 11.7. The van der Waals surface area contributed by atoms with Gasteiger partial charge in [0.2, 0.25) is 5.43 Å². The molecule has 1 heterocycles. The van der Waals surface area contributed by atoms with Crippen molar-refractivity contribution in [3.05, 3.63) is 51.1 Å². The van der Waals surface area contributed by atoms with Gasteiger partial charge in [-0.3, -0.25) is 4.79 Å². The minimum atomic E-state index is -0.0496. The van der Waals surface area contributed by atoms with Crippen molar-refractivity contribution in [1.82, 2.24) is 0 Å². The molecule has 0 spiro atoms. The fourth-order valence-electron chi connectivity index (χ4n) is 1.93. The average Bonchev–Trinajstić information content (AvgIpc) is 2.40. The van der Waals surface area contributed by atoms with E-state index in [1.807, 2.05) is 6.07 Å². The molecule has 0 aliphatic rings. The summed E-state index contributed by atoms with van der Waals surface area (Å²) in [5, 5.41) is 1.09. The van der Waals surface area contributed by atoms with Gasteiger partial charge in [-0.2, -0.15) is 0 Å². The van der Waals surface area contributed by atoms with Gasteiger partial charge in [-0.15, -0.1) is 0 Å². The molecule has 3 rings (SSSR count). The van der Waals surface area contributed by atoms with Gasteiger partial charge in [-0.05, 0) is 36.4 Å². The monoisotopic (exact) mass is 304 g/mol. The Kier molecular flexibility index (Phi) is 2.59. The van der Waals surface area contributed by atoms with Crippen LogP contribution in [0.15, 0.2) is 50.1 Å². The van der Waals surface area contributed by atoms with Crippen LogP contribution in [0.3, 0.4) is 0 Å². The summed E-state index contributed by atoms with van der Waals surface area (Å²) in [5.74, 6) is 0.643. The maximum Gasteiger partial charge on any atom is 0.200 e. The molecule has 3 nitrogen and oxygen atoms in total. The number of benzene rings is 2. The van der Waals surface area contributed by atoms with Gasteiger partial charge < -0.3 is 9.15 Å². The van der Waals surface area contributed by atoms with Crippen molar-refractivity contribution in [3.63, 3.8) is 0 Å². The first-order valence-electron chi connectivity index (χ1n) is 5.39. The van der Waals surface area contributed by atoms with E-state index in [-0.39, 0.29) is 5.43 Å². The van der Waals surface area contributed by atoms with Crippen LogP contribution in [0.25, 0.3) is 21.9 Å². The van der Waals surface area contributed by atoms with Crippen LogP contribution in [0.2, 0.25) is 0 Å². The SMILES string of the molecule is COc1ccc2oc3ccc(Br)cc3c(=O)c2c1. The number of fused-ring (bicyclic) bond motifs is 2. The van der Waals surface area contributed by atoms with Crippen molar-refractivity contribution in [2.45, 2.75) is 0 Å². The number of methoxy groups -OCH3 is 1. The fraction of sp³-hybridized carbons (Fsp3) is 0.0714. The van der Waals surface area contributed by atoms with E-state index in [0.717, 1.165) is 4.47 Å². The lowest BCUT2D eigenvalue weighted by molar-refractivity contribution is 0.415. The molecule has 0 N–H and O–H groups in total. The minimum Gasteiger partial charge on any atom is -0.497 e. The molecule has 2 aromatic carbocycles. The second kappa shape index (κ2) is 4.14. The molecule has 4 heteroatoms. The van der Waals surface area contributed by atoms with Crippen LogP contribution < -0.4 is 10.2 Å². The van der Waals surface area contributed by atoms with Gasteiger partial charge >= 0.3 is 0 Å². The predicted molar refractivity (Wildman–Crippen MR) is 74.2 cm³/mol. The third-order valence-electron chi connectivity index (χ3n) is 2.84. The Morgan fingerprint density at radius 1 is 1.06 bits per heavy atom. The zero-order valence-corrected chi connectivity index (χ0v) is 11.2. The number of ether oxygens (including phenoxy) is 1. The van der Waals surface area contributed by atoms with Crippen LogP contribution in [0, 0.1) is 0 Å². The van der Waals surface area contributed by atoms with Crippen molar-refractivity contribution < 1.29 is 9.15 Å². The highest BCUT2D eigenvalue weighted by Crippen LogP contribution is 2.24. The average molecular weight is 305 g/mol. The van der Waals surface area contributed by atoms with Crippen LogP contribution >= 0.6 is 15.9 Å². The summed E-state index contributed by atoms with van der Waals surface area (Å²) in [5.41, 5.74) is 1.10. The summed E-state index contributed by atoms with van der Waals surface area (Å²) >= 11 is 3.35. The Labute approximate surface area is 111 Å². The summed E-state index contributed by atoms with van der Waals surface area (Å²) in [7, 11) is 1.57. The van der Waals surface area contributed by atoms with Crippen molar-refractivity contribution in [3.8, 4) is 5.75 Å². The van der Waals surface area contributed by atoms with Gasteiger partial charge in [-0.25, -0.2) is 0 Å². The molecule has 0 saturated carbocycles. The molecule has 1 aromatic heterocycles. The van der Waals surface area contributed by atoms with Crippen molar-refractivity contribution in [2.75, 3.05) is 7.11 Å². The zero-order valence-electron chi connectivity index (χ0n) is 9.57. The summed E-state index contributed by atoms with van der Waals surface area (Å²) in [6, 6.07) is 10.6. The zero-order chi connectivity index (χ0) is 12.7. The predicted octanol–water partition coefficient (Wildman–Crippen LogP) is 3.72. The van der Waals surface area contributed by atoms with E-state index in [4.69, 9.17) is 9.15 Å². The molecule has 3 aromatic rings. The van der Waals surface area contributed by atoms with Crippen LogP contribution in [0.1, 0.15) is 0 Å². The van der Waals surface area contributed by atoms with E-state index >= 15 is 0 Å². The summed E-state index contributed by atoms with van der Waals surface area (Å²) in [6.07, 6.45) is 0. The molecule has 0 amide bonds. The topological polar surface area (TPSA) is 39.4 Å². The van der Waals surface area contributed by atoms with E-state index in [1.54, 1.807) is 37.4 Å². The third-order valence-corrected chi connectivity index (χ3v) is 3.33. The van der Waals surface area contributed by atoms with E-state index in [0.29, 0.717) is 27.7 Å². The molecule has 0 atom stereocenters. The second-order valence-corrected chi connectivity index (χ2v) is 4.85. The summed E-state index contributed by atoms with van der Waals surface area (Å²) in [6.45, 7) is 0. The van der Waals surface area contributed by atoms with Gasteiger partial charge in [0.05, 0.1) is 17.9 Å². The van der Waals surface area contributed by atoms with Gasteiger partial charge in [0.15, 0.2) is 0 Å². The van der Waals surface area contributed by atoms with Crippen molar-refractivity contribution in [1.29, 1.82) is 0 Å². The standard InChI is InChI=1S/C14H9BrO3/c1-17-9-3-5-13-11(7-9)14(16)10-6-8(15)2-4-12(10)18-13/h2-7H,1H3. The molecule has 0 saturated heterocycles. The van der Waals surface area contributed by atoms with E-state index in [1.165, 1.54) is 0 Å². The largest absolute Gasteiger partial charge is 0.497 e. The maximum absolute atomic E-state index is 12.4. The highest BCUT2D eigenvalue weighted by molar-refractivity contribution is 9.10. The Bertz CT molecular complexity index is 805. The number of rotatable bonds is 1. The first kappa shape index (κ1) is 11.3. The summed E-state index contributed by atoms with van der Waals surface area (Å²) in [4.78, 5) is 12.4. The van der Waals surface area contributed by atoms with E-state index in [2.05, 4.69) is 15.9 Å². The molecule has 0 radical (unpaired) electrons. The van der Waals surface area contributed by atoms with Crippen LogP contribution in [0.4, 0.5) is 0 Å². The number of hydrogen-bond donors (Lipinski definition) is 0. The molecule has 0 aliphatic carbocycles. The number of hydrogen-bond acceptors (Lipinski definition) is 3. The Balaban J connectivity index is 2.49. The highest BCUT2D eigenvalue weighted by Gasteiger charge is 2.08. The van der Waals surface area contributed by atoms with Crippen LogP contribution in [-0.2, 0) is 0 Å². The first-order valence-corrected chi connectivity index (χ1v) is 6.18. The van der Waals surface area contributed by atoms with Crippen LogP contribution in [-0.4, -0.2) is 7.11 Å². The fourth-order valence-corrected chi connectivity index (χ4v) is 2.30.